The number of benzene rings is 2. The predicted octanol–water partition coefficient (Wildman–Crippen LogP) is 4.03. The number of hydrogen-bond acceptors (Lipinski definition) is 3. The summed E-state index contributed by atoms with van der Waals surface area (Å²) in [6.45, 7) is 3.08. The molecule has 0 bridgehead atoms. The number of esters is 1. The van der Waals surface area contributed by atoms with E-state index in [4.69, 9.17) is 16.3 Å². The fraction of sp³-hybridized carbons (Fsp3) is 0.176. The number of amides is 1. The molecule has 0 heterocycles. The lowest BCUT2D eigenvalue weighted by Gasteiger charge is -2.12. The van der Waals surface area contributed by atoms with Crippen LogP contribution in [0.3, 0.4) is 0 Å². The molecular formula is C17H14ClF2NO3. The molecule has 0 saturated carbocycles. The number of aryl methyl sites for hydroxylation is 2. The van der Waals surface area contributed by atoms with Crippen molar-refractivity contribution >= 4 is 29.2 Å². The minimum atomic E-state index is -1.23. The van der Waals surface area contributed by atoms with Crippen molar-refractivity contribution in [3.8, 4) is 0 Å². The molecule has 4 nitrogen and oxygen atoms in total. The van der Waals surface area contributed by atoms with Gasteiger partial charge in [-0.15, -0.1) is 0 Å². The van der Waals surface area contributed by atoms with Gasteiger partial charge in [0.1, 0.15) is 0 Å². The molecule has 0 aliphatic heterocycles. The van der Waals surface area contributed by atoms with Crippen molar-refractivity contribution in [1.29, 1.82) is 0 Å². The zero-order valence-electron chi connectivity index (χ0n) is 13.0. The van der Waals surface area contributed by atoms with E-state index >= 15 is 0 Å². The normalized spacial score (nSPS) is 10.4. The van der Waals surface area contributed by atoms with Gasteiger partial charge >= 0.3 is 5.97 Å². The number of rotatable bonds is 4. The number of ether oxygens (including phenoxy) is 1. The third kappa shape index (κ3) is 4.08. The van der Waals surface area contributed by atoms with Crippen molar-refractivity contribution < 1.29 is 23.1 Å². The molecule has 2 aromatic carbocycles. The predicted molar refractivity (Wildman–Crippen MR) is 86.2 cm³/mol. The van der Waals surface area contributed by atoms with Crippen LogP contribution < -0.4 is 5.32 Å². The standard InChI is InChI=1S/C17H14ClF2NO3/c1-9-4-3-5-10(2)16(9)21-15(22)8-24-17(23)11-6-13(19)14(20)7-12(11)18/h3-7H,8H2,1-2H3,(H,21,22). The molecule has 2 rings (SSSR count). The number of anilines is 1. The van der Waals surface area contributed by atoms with E-state index in [1.807, 2.05) is 32.0 Å². The Morgan fingerprint density at radius 2 is 1.71 bits per heavy atom. The van der Waals surface area contributed by atoms with Gasteiger partial charge in [-0.05, 0) is 37.1 Å². The summed E-state index contributed by atoms with van der Waals surface area (Å²) >= 11 is 5.67. The highest BCUT2D eigenvalue weighted by Crippen LogP contribution is 2.21. The Kier molecular flexibility index (Phi) is 5.51. The molecule has 0 atom stereocenters. The highest BCUT2D eigenvalue weighted by atomic mass is 35.5. The van der Waals surface area contributed by atoms with Crippen LogP contribution in [0.4, 0.5) is 14.5 Å². The van der Waals surface area contributed by atoms with Crippen molar-refractivity contribution in [3.63, 3.8) is 0 Å². The molecule has 24 heavy (non-hydrogen) atoms. The van der Waals surface area contributed by atoms with Gasteiger partial charge in [0, 0.05) is 5.69 Å². The highest BCUT2D eigenvalue weighted by molar-refractivity contribution is 6.33. The van der Waals surface area contributed by atoms with Crippen LogP contribution >= 0.6 is 11.6 Å². The second-order valence-electron chi connectivity index (χ2n) is 5.14. The van der Waals surface area contributed by atoms with E-state index in [0.29, 0.717) is 17.8 Å². The SMILES string of the molecule is Cc1cccc(C)c1NC(=O)COC(=O)c1cc(F)c(F)cc1Cl. The Balaban J connectivity index is 2.02. The summed E-state index contributed by atoms with van der Waals surface area (Å²) in [6, 6.07) is 6.81. The van der Waals surface area contributed by atoms with Crippen LogP contribution in [0.25, 0.3) is 0 Å². The first-order valence-electron chi connectivity index (χ1n) is 6.97. The molecule has 0 aliphatic rings. The van der Waals surface area contributed by atoms with E-state index in [1.54, 1.807) is 0 Å². The zero-order chi connectivity index (χ0) is 17.9. The maximum Gasteiger partial charge on any atom is 0.340 e. The fourth-order valence-corrected chi connectivity index (χ4v) is 2.30. The first-order chi connectivity index (χ1) is 11.3. The van der Waals surface area contributed by atoms with Crippen LogP contribution in [-0.4, -0.2) is 18.5 Å². The third-order valence-electron chi connectivity index (χ3n) is 3.31. The number of carbonyl (C=O) groups excluding carboxylic acids is 2. The van der Waals surface area contributed by atoms with Crippen LogP contribution in [0.2, 0.25) is 5.02 Å². The number of halogens is 3. The van der Waals surface area contributed by atoms with Gasteiger partial charge in [-0.2, -0.15) is 0 Å². The van der Waals surface area contributed by atoms with Crippen molar-refractivity contribution in [2.45, 2.75) is 13.8 Å². The largest absolute Gasteiger partial charge is 0.452 e. The summed E-state index contributed by atoms with van der Waals surface area (Å²) in [5.74, 6) is -3.98. The van der Waals surface area contributed by atoms with Gasteiger partial charge in [0.2, 0.25) is 0 Å². The number of hydrogen-bond donors (Lipinski definition) is 1. The van der Waals surface area contributed by atoms with Gasteiger partial charge in [0.15, 0.2) is 18.2 Å². The average molecular weight is 354 g/mol. The summed E-state index contributed by atoms with van der Waals surface area (Å²) in [4.78, 5) is 23.7. The fourth-order valence-electron chi connectivity index (χ4n) is 2.07. The Morgan fingerprint density at radius 1 is 1.12 bits per heavy atom. The quantitative estimate of drug-likeness (QED) is 0.667. The Morgan fingerprint density at radius 3 is 2.33 bits per heavy atom. The lowest BCUT2D eigenvalue weighted by molar-refractivity contribution is -0.119. The van der Waals surface area contributed by atoms with Crippen molar-refractivity contribution in [2.24, 2.45) is 0 Å². The molecule has 126 valence electrons. The lowest BCUT2D eigenvalue weighted by atomic mass is 10.1. The number of carbonyl (C=O) groups is 2. The molecule has 1 amide bonds. The second kappa shape index (κ2) is 7.40. The molecule has 2 aromatic rings. The van der Waals surface area contributed by atoms with E-state index in [1.165, 1.54) is 0 Å². The van der Waals surface area contributed by atoms with Crippen molar-refractivity contribution in [2.75, 3.05) is 11.9 Å². The second-order valence-corrected chi connectivity index (χ2v) is 5.54. The lowest BCUT2D eigenvalue weighted by Crippen LogP contribution is -2.22. The van der Waals surface area contributed by atoms with E-state index in [9.17, 15) is 18.4 Å². The Labute approximate surface area is 142 Å². The minimum absolute atomic E-state index is 0.297. The summed E-state index contributed by atoms with van der Waals surface area (Å²) in [5.41, 5.74) is 2.00. The Bertz CT molecular complexity index is 788. The molecule has 1 N–H and O–H groups in total. The van der Waals surface area contributed by atoms with Gasteiger partial charge in [0.05, 0.1) is 10.6 Å². The molecule has 0 spiro atoms. The van der Waals surface area contributed by atoms with Gasteiger partial charge in [0.25, 0.3) is 5.91 Å². The van der Waals surface area contributed by atoms with Crippen molar-refractivity contribution in [1.82, 2.24) is 0 Å². The smallest absolute Gasteiger partial charge is 0.340 e. The molecule has 0 radical (unpaired) electrons. The van der Waals surface area contributed by atoms with Crippen LogP contribution in [0, 0.1) is 25.5 Å². The molecule has 0 aliphatic carbocycles. The van der Waals surface area contributed by atoms with E-state index in [-0.39, 0.29) is 10.6 Å². The Hall–Kier alpha value is -2.47. The van der Waals surface area contributed by atoms with Crippen LogP contribution in [0.15, 0.2) is 30.3 Å². The van der Waals surface area contributed by atoms with Gasteiger partial charge in [-0.3, -0.25) is 4.79 Å². The van der Waals surface area contributed by atoms with Crippen LogP contribution in [0.1, 0.15) is 21.5 Å². The molecular weight excluding hydrogens is 340 g/mol. The van der Waals surface area contributed by atoms with Gasteiger partial charge in [-0.25, -0.2) is 13.6 Å². The van der Waals surface area contributed by atoms with Gasteiger partial charge in [-0.1, -0.05) is 29.8 Å². The first kappa shape index (κ1) is 17.9. The number of nitrogens with one attached hydrogen (secondary N) is 1. The van der Waals surface area contributed by atoms with E-state index in [2.05, 4.69) is 5.32 Å². The highest BCUT2D eigenvalue weighted by Gasteiger charge is 2.18. The van der Waals surface area contributed by atoms with Crippen LogP contribution in [0.5, 0.6) is 0 Å². The monoisotopic (exact) mass is 353 g/mol. The summed E-state index contributed by atoms with van der Waals surface area (Å²) in [6.07, 6.45) is 0. The molecule has 0 unspecified atom stereocenters. The first-order valence-corrected chi connectivity index (χ1v) is 7.35. The molecule has 0 saturated heterocycles. The maximum atomic E-state index is 13.2. The van der Waals surface area contributed by atoms with E-state index in [0.717, 1.165) is 11.1 Å². The molecule has 0 fully saturated rings. The average Bonchev–Trinajstić information content (AvgIpc) is 2.52. The minimum Gasteiger partial charge on any atom is -0.452 e. The third-order valence-corrected chi connectivity index (χ3v) is 3.62. The zero-order valence-corrected chi connectivity index (χ0v) is 13.7. The molecule has 7 heteroatoms. The maximum absolute atomic E-state index is 13.2. The summed E-state index contributed by atoms with van der Waals surface area (Å²) in [7, 11) is 0. The summed E-state index contributed by atoms with van der Waals surface area (Å²) in [5, 5.41) is 2.34. The van der Waals surface area contributed by atoms with E-state index < -0.39 is 30.1 Å². The van der Waals surface area contributed by atoms with Gasteiger partial charge < -0.3 is 10.1 Å². The van der Waals surface area contributed by atoms with Crippen molar-refractivity contribution in [3.05, 3.63) is 63.7 Å². The summed E-state index contributed by atoms with van der Waals surface area (Å²) < 4.78 is 30.9. The number of para-hydroxylation sites is 1. The molecule has 0 aromatic heterocycles. The van der Waals surface area contributed by atoms with Crippen LogP contribution in [-0.2, 0) is 9.53 Å². The topological polar surface area (TPSA) is 55.4 Å².